The van der Waals surface area contributed by atoms with E-state index in [0.29, 0.717) is 0 Å². The maximum atomic E-state index is 3.67. The first-order valence-corrected chi connectivity index (χ1v) is 3.81. The van der Waals surface area contributed by atoms with Crippen molar-refractivity contribution in [3.63, 3.8) is 0 Å². The summed E-state index contributed by atoms with van der Waals surface area (Å²) in [5.74, 6) is 0. The molecule has 0 nitrogen and oxygen atoms in total. The van der Waals surface area contributed by atoms with Gasteiger partial charge in [0.1, 0.15) is 0 Å². The SMILES string of the molecule is C=C\C(C)=C/C=C(C)\C=C/C. The second kappa shape index (κ2) is 5.72. The molecular weight excluding hydrogens is 132 g/mol. The van der Waals surface area contributed by atoms with Crippen molar-refractivity contribution >= 4 is 0 Å². The summed E-state index contributed by atoms with van der Waals surface area (Å²) in [7, 11) is 0. The quantitative estimate of drug-likeness (QED) is 0.536. The zero-order valence-corrected chi connectivity index (χ0v) is 7.59. The van der Waals surface area contributed by atoms with E-state index >= 15 is 0 Å². The Labute approximate surface area is 69.6 Å². The molecular formula is C11H16. The minimum absolute atomic E-state index is 1.19. The fourth-order valence-corrected chi connectivity index (χ4v) is 0.649. The highest BCUT2D eigenvalue weighted by molar-refractivity contribution is 5.26. The van der Waals surface area contributed by atoms with Crippen LogP contribution >= 0.6 is 0 Å². The van der Waals surface area contributed by atoms with Gasteiger partial charge in [-0.1, -0.05) is 48.1 Å². The molecule has 0 aliphatic heterocycles. The van der Waals surface area contributed by atoms with Gasteiger partial charge in [0.2, 0.25) is 0 Å². The third-order valence-corrected chi connectivity index (χ3v) is 1.36. The molecule has 0 aromatic heterocycles. The Bertz CT molecular complexity index is 202. The largest absolute Gasteiger partial charge is 0.0988 e. The summed E-state index contributed by atoms with van der Waals surface area (Å²) >= 11 is 0. The van der Waals surface area contributed by atoms with E-state index in [4.69, 9.17) is 0 Å². The standard InChI is InChI=1S/C11H16/c1-5-7-11(4)9-8-10(3)6-2/h5-9H,2H2,1,3-4H3/b7-5-,10-8-,11-9-. The molecule has 60 valence electrons. The second-order valence-electron chi connectivity index (χ2n) is 2.53. The van der Waals surface area contributed by atoms with Crippen LogP contribution in [0.2, 0.25) is 0 Å². The van der Waals surface area contributed by atoms with Gasteiger partial charge in [0.25, 0.3) is 0 Å². The van der Waals surface area contributed by atoms with E-state index in [9.17, 15) is 0 Å². The molecule has 0 radical (unpaired) electrons. The van der Waals surface area contributed by atoms with Crippen LogP contribution in [0.15, 0.2) is 48.1 Å². The second-order valence-corrected chi connectivity index (χ2v) is 2.53. The Balaban J connectivity index is 4.21. The maximum absolute atomic E-state index is 3.67. The van der Waals surface area contributed by atoms with Gasteiger partial charge in [0.15, 0.2) is 0 Å². The summed E-state index contributed by atoms with van der Waals surface area (Å²) < 4.78 is 0. The van der Waals surface area contributed by atoms with Crippen molar-refractivity contribution in [1.82, 2.24) is 0 Å². The van der Waals surface area contributed by atoms with Crippen LogP contribution in [-0.2, 0) is 0 Å². The first-order chi connectivity index (χ1) is 5.20. The fraction of sp³-hybridized carbons (Fsp3) is 0.273. The monoisotopic (exact) mass is 148 g/mol. The Morgan fingerprint density at radius 1 is 1.09 bits per heavy atom. The predicted molar refractivity (Wildman–Crippen MR) is 52.5 cm³/mol. The number of hydrogen-bond acceptors (Lipinski definition) is 0. The molecule has 0 bridgehead atoms. The van der Waals surface area contributed by atoms with Gasteiger partial charge in [-0.05, 0) is 20.8 Å². The molecule has 0 aliphatic rings. The van der Waals surface area contributed by atoms with E-state index in [2.05, 4.69) is 31.7 Å². The Hall–Kier alpha value is -1.04. The fourth-order valence-electron chi connectivity index (χ4n) is 0.649. The highest BCUT2D eigenvalue weighted by Gasteiger charge is 1.78. The minimum Gasteiger partial charge on any atom is -0.0988 e. The highest BCUT2D eigenvalue weighted by atomic mass is 13.8. The van der Waals surface area contributed by atoms with E-state index in [-0.39, 0.29) is 0 Å². The predicted octanol–water partition coefficient (Wildman–Crippen LogP) is 3.64. The Morgan fingerprint density at radius 3 is 2.09 bits per heavy atom. The highest BCUT2D eigenvalue weighted by Crippen LogP contribution is 1.99. The lowest BCUT2D eigenvalue weighted by Gasteiger charge is -1.88. The van der Waals surface area contributed by atoms with Gasteiger partial charge in [0, 0.05) is 0 Å². The van der Waals surface area contributed by atoms with Crippen molar-refractivity contribution in [3.8, 4) is 0 Å². The van der Waals surface area contributed by atoms with Gasteiger partial charge in [-0.2, -0.15) is 0 Å². The summed E-state index contributed by atoms with van der Waals surface area (Å²) in [6, 6.07) is 0. The number of allylic oxidation sites excluding steroid dienone is 7. The van der Waals surface area contributed by atoms with Crippen LogP contribution in [0.5, 0.6) is 0 Å². The van der Waals surface area contributed by atoms with Crippen LogP contribution in [0.25, 0.3) is 0 Å². The van der Waals surface area contributed by atoms with Crippen molar-refractivity contribution in [2.24, 2.45) is 0 Å². The van der Waals surface area contributed by atoms with Crippen LogP contribution in [-0.4, -0.2) is 0 Å². The lowest BCUT2D eigenvalue weighted by atomic mass is 10.2. The Kier molecular flexibility index (Phi) is 5.18. The third kappa shape index (κ3) is 5.41. The molecule has 0 atom stereocenters. The van der Waals surface area contributed by atoms with E-state index in [1.165, 1.54) is 11.1 Å². The lowest BCUT2D eigenvalue weighted by molar-refractivity contribution is 1.47. The van der Waals surface area contributed by atoms with Gasteiger partial charge in [0.05, 0.1) is 0 Å². The molecule has 0 rings (SSSR count). The molecule has 0 spiro atoms. The molecule has 0 amide bonds. The zero-order chi connectivity index (χ0) is 8.69. The van der Waals surface area contributed by atoms with Gasteiger partial charge in [-0.25, -0.2) is 0 Å². The van der Waals surface area contributed by atoms with E-state index in [1.807, 2.05) is 26.0 Å². The molecule has 0 N–H and O–H groups in total. The van der Waals surface area contributed by atoms with Crippen LogP contribution in [0.4, 0.5) is 0 Å². The van der Waals surface area contributed by atoms with Crippen molar-refractivity contribution in [2.75, 3.05) is 0 Å². The third-order valence-electron chi connectivity index (χ3n) is 1.36. The zero-order valence-electron chi connectivity index (χ0n) is 7.59. The summed E-state index contributed by atoms with van der Waals surface area (Å²) in [6.45, 7) is 9.79. The topological polar surface area (TPSA) is 0 Å². The molecule has 0 aromatic rings. The molecule has 0 unspecified atom stereocenters. The molecule has 0 heteroatoms. The molecule has 0 aliphatic carbocycles. The molecule has 0 heterocycles. The normalized spacial score (nSPS) is 14.1. The summed E-state index contributed by atoms with van der Waals surface area (Å²) in [5, 5.41) is 0. The van der Waals surface area contributed by atoms with Gasteiger partial charge in [-0.3, -0.25) is 0 Å². The van der Waals surface area contributed by atoms with Gasteiger partial charge >= 0.3 is 0 Å². The van der Waals surface area contributed by atoms with E-state index < -0.39 is 0 Å². The van der Waals surface area contributed by atoms with Gasteiger partial charge in [-0.15, -0.1) is 0 Å². The van der Waals surface area contributed by atoms with Crippen LogP contribution < -0.4 is 0 Å². The number of hydrogen-bond donors (Lipinski definition) is 0. The van der Waals surface area contributed by atoms with Crippen LogP contribution in [0.3, 0.4) is 0 Å². The lowest BCUT2D eigenvalue weighted by Crippen LogP contribution is -1.67. The van der Waals surface area contributed by atoms with Crippen molar-refractivity contribution in [3.05, 3.63) is 48.1 Å². The molecule has 0 saturated heterocycles. The number of rotatable bonds is 3. The Morgan fingerprint density at radius 2 is 1.64 bits per heavy atom. The van der Waals surface area contributed by atoms with E-state index in [0.717, 1.165) is 0 Å². The van der Waals surface area contributed by atoms with E-state index in [1.54, 1.807) is 0 Å². The van der Waals surface area contributed by atoms with Crippen molar-refractivity contribution in [2.45, 2.75) is 20.8 Å². The summed E-state index contributed by atoms with van der Waals surface area (Å²) in [6.07, 6.45) is 10.1. The molecule has 0 aromatic carbocycles. The van der Waals surface area contributed by atoms with Crippen LogP contribution in [0.1, 0.15) is 20.8 Å². The van der Waals surface area contributed by atoms with Crippen molar-refractivity contribution < 1.29 is 0 Å². The molecule has 0 saturated carbocycles. The molecule has 0 fully saturated rings. The smallest absolute Gasteiger partial charge is 0.0398 e. The summed E-state index contributed by atoms with van der Waals surface area (Å²) in [5.41, 5.74) is 2.45. The van der Waals surface area contributed by atoms with Crippen LogP contribution in [0, 0.1) is 0 Å². The van der Waals surface area contributed by atoms with Crippen molar-refractivity contribution in [1.29, 1.82) is 0 Å². The maximum Gasteiger partial charge on any atom is -0.0398 e. The first-order valence-electron chi connectivity index (χ1n) is 3.81. The minimum atomic E-state index is 1.19. The average molecular weight is 148 g/mol. The molecule has 11 heavy (non-hydrogen) atoms. The first kappa shape index (κ1) is 9.96. The average Bonchev–Trinajstić information content (AvgIpc) is 2.01. The summed E-state index contributed by atoms with van der Waals surface area (Å²) in [4.78, 5) is 0. The van der Waals surface area contributed by atoms with Gasteiger partial charge < -0.3 is 0 Å².